The van der Waals surface area contributed by atoms with Crippen LogP contribution >= 0.6 is 0 Å². The summed E-state index contributed by atoms with van der Waals surface area (Å²) in [5, 5.41) is 6.75. The molecule has 3 N–H and O–H groups in total. The van der Waals surface area contributed by atoms with Gasteiger partial charge >= 0.3 is 0 Å². The van der Waals surface area contributed by atoms with Crippen molar-refractivity contribution in [2.45, 2.75) is 32.4 Å². The monoisotopic (exact) mass is 211 g/mol. The van der Waals surface area contributed by atoms with Gasteiger partial charge in [0, 0.05) is 12.1 Å². The highest BCUT2D eigenvalue weighted by atomic mass is 16.2. The van der Waals surface area contributed by atoms with Gasteiger partial charge in [0.15, 0.2) is 0 Å². The summed E-state index contributed by atoms with van der Waals surface area (Å²) in [4.78, 5) is 15.6. The molecule has 15 heavy (non-hydrogen) atoms. The minimum absolute atomic E-state index is 0.115. The summed E-state index contributed by atoms with van der Waals surface area (Å²) in [6, 6.07) is -0.377. The number of carbonyl (C=O) groups is 1. The van der Waals surface area contributed by atoms with Crippen LogP contribution < -0.4 is 11.1 Å². The summed E-state index contributed by atoms with van der Waals surface area (Å²) in [7, 11) is 0. The van der Waals surface area contributed by atoms with E-state index in [-0.39, 0.29) is 11.9 Å². The van der Waals surface area contributed by atoms with Crippen LogP contribution in [0.25, 0.3) is 0 Å². The number of hydrogen-bond acceptors (Lipinski definition) is 4. The molecule has 6 nitrogen and oxygen atoms in total. The Bertz CT molecular complexity index is 319. The zero-order chi connectivity index (χ0) is 11.5. The molecular weight excluding hydrogens is 194 g/mol. The first-order valence-electron chi connectivity index (χ1n) is 4.82. The van der Waals surface area contributed by atoms with Crippen molar-refractivity contribution < 1.29 is 4.79 Å². The lowest BCUT2D eigenvalue weighted by Gasteiger charge is -2.26. The Labute approximate surface area is 88.9 Å². The molecular formula is C9H17N5O. The van der Waals surface area contributed by atoms with Gasteiger partial charge < -0.3 is 11.1 Å². The van der Waals surface area contributed by atoms with Gasteiger partial charge in [-0.1, -0.05) is 0 Å². The number of hydrogen-bond donors (Lipinski definition) is 2. The number of nitrogens with two attached hydrogens (primary N) is 1. The standard InChI is InChI=1S/C9H17N5O/c1-7(14-6-11-5-12-14)8(15)13-9(2,3)4-10/h5-7H,4,10H2,1-3H3,(H,13,15). The molecule has 0 radical (unpaired) electrons. The summed E-state index contributed by atoms with van der Waals surface area (Å²) in [5.74, 6) is -0.115. The third-order valence-corrected chi connectivity index (χ3v) is 2.18. The molecule has 1 aromatic heterocycles. The Morgan fingerprint density at radius 2 is 2.33 bits per heavy atom. The molecule has 1 atom stereocenters. The number of aromatic nitrogens is 3. The Morgan fingerprint density at radius 3 is 2.80 bits per heavy atom. The Kier molecular flexibility index (Phi) is 3.41. The zero-order valence-corrected chi connectivity index (χ0v) is 9.27. The van der Waals surface area contributed by atoms with Gasteiger partial charge in [-0.2, -0.15) is 5.10 Å². The van der Waals surface area contributed by atoms with E-state index in [2.05, 4.69) is 15.4 Å². The van der Waals surface area contributed by atoms with Crippen molar-refractivity contribution in [3.63, 3.8) is 0 Å². The number of nitrogens with one attached hydrogen (secondary N) is 1. The molecule has 1 heterocycles. The van der Waals surface area contributed by atoms with Crippen molar-refractivity contribution in [1.29, 1.82) is 0 Å². The summed E-state index contributed by atoms with van der Waals surface area (Å²) < 4.78 is 1.50. The van der Waals surface area contributed by atoms with Gasteiger partial charge in [0.2, 0.25) is 5.91 Å². The minimum Gasteiger partial charge on any atom is -0.348 e. The molecule has 84 valence electrons. The van der Waals surface area contributed by atoms with Crippen LogP contribution in [0.5, 0.6) is 0 Å². The van der Waals surface area contributed by atoms with E-state index in [1.807, 2.05) is 13.8 Å². The summed E-state index contributed by atoms with van der Waals surface area (Å²) >= 11 is 0. The van der Waals surface area contributed by atoms with Crippen LogP contribution in [0.4, 0.5) is 0 Å². The second-order valence-electron chi connectivity index (χ2n) is 4.13. The smallest absolute Gasteiger partial charge is 0.245 e. The highest BCUT2D eigenvalue weighted by molar-refractivity contribution is 5.80. The summed E-state index contributed by atoms with van der Waals surface area (Å²) in [6.07, 6.45) is 2.91. The summed E-state index contributed by atoms with van der Waals surface area (Å²) in [6.45, 7) is 5.90. The van der Waals surface area contributed by atoms with E-state index < -0.39 is 5.54 Å². The maximum Gasteiger partial charge on any atom is 0.245 e. The zero-order valence-electron chi connectivity index (χ0n) is 9.27. The van der Waals surface area contributed by atoms with Gasteiger partial charge in [-0.3, -0.25) is 4.79 Å². The van der Waals surface area contributed by atoms with Crippen molar-refractivity contribution in [1.82, 2.24) is 20.1 Å². The van der Waals surface area contributed by atoms with Gasteiger partial charge in [-0.05, 0) is 20.8 Å². The molecule has 0 aromatic carbocycles. The lowest BCUT2D eigenvalue weighted by Crippen LogP contribution is -2.50. The van der Waals surface area contributed by atoms with E-state index >= 15 is 0 Å². The van der Waals surface area contributed by atoms with Gasteiger partial charge in [0.25, 0.3) is 0 Å². The van der Waals surface area contributed by atoms with Crippen molar-refractivity contribution in [3.05, 3.63) is 12.7 Å². The second-order valence-corrected chi connectivity index (χ2v) is 4.13. The van der Waals surface area contributed by atoms with E-state index in [1.54, 1.807) is 6.92 Å². The predicted molar refractivity (Wildman–Crippen MR) is 56.0 cm³/mol. The SMILES string of the molecule is CC(C(=O)NC(C)(C)CN)n1cncn1. The third-order valence-electron chi connectivity index (χ3n) is 2.18. The molecule has 0 aliphatic rings. The average Bonchev–Trinajstić information content (AvgIpc) is 2.68. The molecule has 0 saturated heterocycles. The fraction of sp³-hybridized carbons (Fsp3) is 0.667. The first-order valence-corrected chi connectivity index (χ1v) is 4.82. The van der Waals surface area contributed by atoms with Crippen molar-refractivity contribution in [2.75, 3.05) is 6.54 Å². The van der Waals surface area contributed by atoms with Gasteiger partial charge in [0.05, 0.1) is 0 Å². The topological polar surface area (TPSA) is 85.8 Å². The van der Waals surface area contributed by atoms with Crippen LogP contribution in [-0.2, 0) is 4.79 Å². The predicted octanol–water partition coefficient (Wildman–Crippen LogP) is -0.307. The maximum absolute atomic E-state index is 11.8. The van der Waals surface area contributed by atoms with E-state index in [0.29, 0.717) is 6.54 Å². The molecule has 0 spiro atoms. The average molecular weight is 211 g/mol. The third kappa shape index (κ3) is 3.02. The summed E-state index contributed by atoms with van der Waals surface area (Å²) in [5.41, 5.74) is 5.13. The van der Waals surface area contributed by atoms with E-state index in [9.17, 15) is 4.79 Å². The molecule has 0 aliphatic heterocycles. The van der Waals surface area contributed by atoms with E-state index in [4.69, 9.17) is 5.73 Å². The van der Waals surface area contributed by atoms with Crippen LogP contribution in [0, 0.1) is 0 Å². The highest BCUT2D eigenvalue weighted by Crippen LogP contribution is 2.06. The Balaban J connectivity index is 2.62. The van der Waals surface area contributed by atoms with Crippen LogP contribution in [0.1, 0.15) is 26.8 Å². The number of carbonyl (C=O) groups excluding carboxylic acids is 1. The first kappa shape index (κ1) is 11.6. The van der Waals surface area contributed by atoms with E-state index in [1.165, 1.54) is 17.3 Å². The number of amides is 1. The highest BCUT2D eigenvalue weighted by Gasteiger charge is 2.23. The molecule has 0 aliphatic carbocycles. The van der Waals surface area contributed by atoms with Crippen molar-refractivity contribution >= 4 is 5.91 Å². The van der Waals surface area contributed by atoms with Crippen LogP contribution in [-0.4, -0.2) is 32.8 Å². The molecule has 1 aromatic rings. The minimum atomic E-state index is -0.397. The Morgan fingerprint density at radius 1 is 1.67 bits per heavy atom. The van der Waals surface area contributed by atoms with Crippen molar-refractivity contribution in [2.24, 2.45) is 5.73 Å². The van der Waals surface area contributed by atoms with E-state index in [0.717, 1.165) is 0 Å². The van der Waals surface area contributed by atoms with Crippen molar-refractivity contribution in [3.8, 4) is 0 Å². The molecule has 1 unspecified atom stereocenters. The molecule has 6 heteroatoms. The largest absolute Gasteiger partial charge is 0.348 e. The lowest BCUT2D eigenvalue weighted by molar-refractivity contribution is -0.125. The van der Waals surface area contributed by atoms with Crippen LogP contribution in [0.15, 0.2) is 12.7 Å². The molecule has 0 bridgehead atoms. The Hall–Kier alpha value is -1.43. The normalized spacial score (nSPS) is 13.6. The fourth-order valence-electron chi connectivity index (χ4n) is 1.03. The van der Waals surface area contributed by atoms with Crippen LogP contribution in [0.2, 0.25) is 0 Å². The van der Waals surface area contributed by atoms with Crippen LogP contribution in [0.3, 0.4) is 0 Å². The van der Waals surface area contributed by atoms with Gasteiger partial charge in [0.1, 0.15) is 18.7 Å². The molecule has 1 amide bonds. The quantitative estimate of drug-likeness (QED) is 0.715. The number of nitrogens with zero attached hydrogens (tertiary/aromatic N) is 3. The van der Waals surface area contributed by atoms with Gasteiger partial charge in [-0.15, -0.1) is 0 Å². The fourth-order valence-corrected chi connectivity index (χ4v) is 1.03. The van der Waals surface area contributed by atoms with Gasteiger partial charge in [-0.25, -0.2) is 9.67 Å². The maximum atomic E-state index is 11.8. The molecule has 0 fully saturated rings. The molecule has 0 saturated carbocycles. The number of rotatable bonds is 4. The lowest BCUT2D eigenvalue weighted by atomic mass is 10.1. The first-order chi connectivity index (χ1) is 6.96. The second kappa shape index (κ2) is 4.39. The molecule has 1 rings (SSSR count).